The summed E-state index contributed by atoms with van der Waals surface area (Å²) in [4.78, 5) is 13.7. The lowest BCUT2D eigenvalue weighted by Crippen LogP contribution is -2.47. The van der Waals surface area contributed by atoms with E-state index < -0.39 is 32.9 Å². The third-order valence-electron chi connectivity index (χ3n) is 11.6. The highest BCUT2D eigenvalue weighted by atomic mass is 35.5. The Morgan fingerprint density at radius 3 is 2.07 bits per heavy atom. The van der Waals surface area contributed by atoms with Crippen LogP contribution < -0.4 is 9.64 Å². The molecule has 1 N–H and O–H groups in total. The lowest BCUT2D eigenvalue weighted by atomic mass is 10.0. The summed E-state index contributed by atoms with van der Waals surface area (Å²) in [7, 11) is 0.199. The van der Waals surface area contributed by atoms with Gasteiger partial charge in [-0.15, -0.1) is 23.5 Å². The topological polar surface area (TPSA) is 95.9 Å². The number of carbonyl (C=O) groups excluding carboxylic acids is 1. The maximum absolute atomic E-state index is 12.3. The van der Waals surface area contributed by atoms with Crippen molar-refractivity contribution in [3.05, 3.63) is 58.7 Å². The van der Waals surface area contributed by atoms with Gasteiger partial charge in [-0.2, -0.15) is 0 Å². The molecular formula is C45H78ClNO8S2Si2. The van der Waals surface area contributed by atoms with Gasteiger partial charge in [0, 0.05) is 26.7 Å². The van der Waals surface area contributed by atoms with Gasteiger partial charge >= 0.3 is 6.09 Å². The Labute approximate surface area is 374 Å². The molecule has 1 amide bonds. The monoisotopic (exact) mass is 915 g/mol. The summed E-state index contributed by atoms with van der Waals surface area (Å²) in [5, 5.41) is 12.5. The molecule has 0 radical (unpaired) electrons. The number of halogens is 1. The van der Waals surface area contributed by atoms with Gasteiger partial charge in [0.25, 0.3) is 0 Å². The van der Waals surface area contributed by atoms with E-state index in [-0.39, 0.29) is 28.6 Å². The van der Waals surface area contributed by atoms with Gasteiger partial charge in [0.1, 0.15) is 10.8 Å². The number of hydrogen-bond donors (Lipinski definition) is 1. The molecule has 1 saturated heterocycles. The van der Waals surface area contributed by atoms with E-state index in [0.717, 1.165) is 29.1 Å². The number of allylic oxidation sites excluding steroid dienone is 3. The number of ether oxygens (including phenoxy) is 4. The van der Waals surface area contributed by atoms with Crippen LogP contribution in [0.4, 0.5) is 10.5 Å². The van der Waals surface area contributed by atoms with Crippen molar-refractivity contribution in [2.45, 2.75) is 159 Å². The largest absolute Gasteiger partial charge is 0.495 e. The Morgan fingerprint density at radius 2 is 1.54 bits per heavy atom. The van der Waals surface area contributed by atoms with Crippen molar-refractivity contribution in [1.29, 1.82) is 0 Å². The Kier molecular flexibility index (Phi) is 21.9. The van der Waals surface area contributed by atoms with Gasteiger partial charge in [-0.1, -0.05) is 89.1 Å². The van der Waals surface area contributed by atoms with Crippen molar-refractivity contribution in [2.24, 2.45) is 0 Å². The summed E-state index contributed by atoms with van der Waals surface area (Å²) in [6.07, 6.45) is 12.2. The number of rotatable bonds is 22. The zero-order valence-electron chi connectivity index (χ0n) is 39.2. The second kappa shape index (κ2) is 24.0. The molecule has 1 aromatic rings. The van der Waals surface area contributed by atoms with Crippen molar-refractivity contribution in [1.82, 2.24) is 0 Å². The van der Waals surface area contributed by atoms with Crippen LogP contribution in [0.25, 0.3) is 0 Å². The average Bonchev–Trinajstić information content (AvgIpc) is 3.14. The van der Waals surface area contributed by atoms with E-state index in [9.17, 15) is 9.90 Å². The summed E-state index contributed by atoms with van der Waals surface area (Å²) in [6, 6.07) is 3.75. The lowest BCUT2D eigenvalue weighted by molar-refractivity contribution is -0.148. The Bertz CT molecular complexity index is 1550. The van der Waals surface area contributed by atoms with E-state index >= 15 is 0 Å². The fraction of sp³-hybridized carbons (Fsp3) is 0.711. The SMILES string of the molecule is CCOC(C[C@@H](/C=C/C[C@H](CC1([C@H](O)/C=C/C=C(\C)Cc2cc(OC)c(Cl)c(N(C)C(=O)OC)c2)SCCCS1)O[Si](C)(C)C(C)(C)C)O[Si](C)(C)C(C)(C)C)OCC. The normalized spacial score (nSPS) is 17.4. The number of hydrogen-bond acceptors (Lipinski definition) is 10. The van der Waals surface area contributed by atoms with E-state index in [0.29, 0.717) is 55.4 Å². The second-order valence-electron chi connectivity index (χ2n) is 18.4. The molecular weight excluding hydrogens is 838 g/mol. The van der Waals surface area contributed by atoms with Gasteiger partial charge in [-0.25, -0.2) is 4.79 Å². The van der Waals surface area contributed by atoms with E-state index in [1.54, 1.807) is 14.2 Å². The molecule has 1 fully saturated rings. The maximum Gasteiger partial charge on any atom is 0.413 e. The van der Waals surface area contributed by atoms with Crippen LogP contribution in [0.1, 0.15) is 93.6 Å². The molecule has 0 spiro atoms. The van der Waals surface area contributed by atoms with Gasteiger partial charge in [0.2, 0.25) is 0 Å². The minimum atomic E-state index is -2.19. The molecule has 9 nitrogen and oxygen atoms in total. The minimum Gasteiger partial charge on any atom is -0.495 e. The van der Waals surface area contributed by atoms with Crippen molar-refractivity contribution < 1.29 is 37.7 Å². The molecule has 338 valence electrons. The summed E-state index contributed by atoms with van der Waals surface area (Å²) < 4.78 is 36.2. The molecule has 1 aliphatic heterocycles. The van der Waals surface area contributed by atoms with E-state index in [2.05, 4.69) is 79.9 Å². The summed E-state index contributed by atoms with van der Waals surface area (Å²) in [5.74, 6) is 2.44. The number of aliphatic hydroxyl groups excluding tert-OH is 1. The zero-order valence-corrected chi connectivity index (χ0v) is 43.6. The van der Waals surface area contributed by atoms with Gasteiger partial charge in [0.15, 0.2) is 22.9 Å². The molecule has 1 aromatic carbocycles. The first-order valence-electron chi connectivity index (χ1n) is 21.1. The smallest absolute Gasteiger partial charge is 0.413 e. The van der Waals surface area contributed by atoms with Crippen LogP contribution in [-0.2, 0) is 29.5 Å². The quantitative estimate of drug-likeness (QED) is 0.0524. The average molecular weight is 917 g/mol. The molecule has 1 heterocycles. The molecule has 0 unspecified atom stereocenters. The number of nitrogens with zero attached hydrogens (tertiary/aromatic N) is 1. The molecule has 1 aliphatic rings. The number of methoxy groups -OCH3 is 2. The molecule has 14 heteroatoms. The molecule has 0 saturated carbocycles. The minimum absolute atomic E-state index is 0.0234. The van der Waals surface area contributed by atoms with Crippen molar-refractivity contribution in [2.75, 3.05) is 50.9 Å². The zero-order chi connectivity index (χ0) is 44.8. The standard InChI is InChI=1S/C45H78ClNO8S2Si2/c1-17-52-40(53-18-2)31-35(54-58(13,14)43(4,5)6)23-20-24-36(55-59(15,16)44(7,8)9)32-45(56-26-21-27-57-45)39(48)25-19-22-33(3)28-34-29-37(47(10)42(49)51-12)41(46)38(30-34)50-11/h19-20,22-23,25,29-30,35-36,39-40,48H,17-18,21,24,26-28,31-32H2,1-16H3/b23-20+,25-19+,33-22+/t35-,36-,39-/m1/s1. The van der Waals surface area contributed by atoms with Gasteiger partial charge in [0.05, 0.1) is 42.3 Å². The number of amides is 1. The highest BCUT2D eigenvalue weighted by molar-refractivity contribution is 8.18. The van der Waals surface area contributed by atoms with E-state index in [4.69, 9.17) is 39.4 Å². The van der Waals surface area contributed by atoms with Gasteiger partial charge in [-0.05, 0) is 112 Å². The van der Waals surface area contributed by atoms with Gasteiger partial charge < -0.3 is 32.9 Å². The van der Waals surface area contributed by atoms with Crippen LogP contribution in [0.3, 0.4) is 0 Å². The fourth-order valence-electron chi connectivity index (χ4n) is 6.15. The van der Waals surface area contributed by atoms with Crippen LogP contribution >= 0.6 is 35.1 Å². The molecule has 0 aromatic heterocycles. The second-order valence-corrected chi connectivity index (χ2v) is 31.4. The van der Waals surface area contributed by atoms with Crippen LogP contribution in [0, 0.1) is 0 Å². The predicted octanol–water partition coefficient (Wildman–Crippen LogP) is 12.4. The summed E-state index contributed by atoms with van der Waals surface area (Å²) in [6.45, 7) is 30.0. The third-order valence-corrected chi connectivity index (χ3v) is 24.5. The third kappa shape index (κ3) is 16.4. The number of thioether (sulfide) groups is 2. The first kappa shape index (κ1) is 53.9. The van der Waals surface area contributed by atoms with Crippen LogP contribution in [0.15, 0.2) is 48.1 Å². The fourth-order valence-corrected chi connectivity index (χ4v) is 12.5. The highest BCUT2D eigenvalue weighted by Gasteiger charge is 2.45. The van der Waals surface area contributed by atoms with Crippen LogP contribution in [-0.4, -0.2) is 103 Å². The first-order chi connectivity index (χ1) is 27.4. The molecule has 59 heavy (non-hydrogen) atoms. The Balaban J connectivity index is 2.46. The molecule has 3 atom stereocenters. The van der Waals surface area contributed by atoms with E-state index in [1.165, 1.54) is 12.0 Å². The number of aliphatic hydroxyl groups is 1. The lowest BCUT2D eigenvalue weighted by Gasteiger charge is -2.44. The summed E-state index contributed by atoms with van der Waals surface area (Å²) in [5.41, 5.74) is 2.50. The maximum atomic E-state index is 12.3. The molecule has 0 aliphatic carbocycles. The highest BCUT2D eigenvalue weighted by Crippen LogP contribution is 2.50. The van der Waals surface area contributed by atoms with Gasteiger partial charge in [-0.3, -0.25) is 4.90 Å². The Morgan fingerprint density at radius 1 is 0.966 bits per heavy atom. The molecule has 2 rings (SSSR count). The molecule has 0 bridgehead atoms. The number of anilines is 1. The van der Waals surface area contributed by atoms with Crippen molar-refractivity contribution in [3.63, 3.8) is 0 Å². The predicted molar refractivity (Wildman–Crippen MR) is 258 cm³/mol. The Hall–Kier alpha value is -1.27. The number of carbonyl (C=O) groups is 1. The van der Waals surface area contributed by atoms with Crippen molar-refractivity contribution in [3.8, 4) is 5.75 Å². The van der Waals surface area contributed by atoms with Crippen LogP contribution in [0.2, 0.25) is 41.3 Å². The van der Waals surface area contributed by atoms with Crippen molar-refractivity contribution >= 4 is 63.5 Å². The first-order valence-corrected chi connectivity index (χ1v) is 29.3. The number of benzene rings is 1. The summed E-state index contributed by atoms with van der Waals surface area (Å²) >= 11 is 10.3. The van der Waals surface area contributed by atoms with E-state index in [1.807, 2.05) is 74.7 Å². The van der Waals surface area contributed by atoms with Crippen LogP contribution in [0.5, 0.6) is 5.75 Å².